The number of rotatable bonds is 4. The Morgan fingerprint density at radius 2 is 2.11 bits per heavy atom. The van der Waals surface area contributed by atoms with Crippen molar-refractivity contribution in [2.24, 2.45) is 0 Å². The Hall–Kier alpha value is -1.66. The van der Waals surface area contributed by atoms with Crippen LogP contribution >= 0.6 is 0 Å². The van der Waals surface area contributed by atoms with Crippen molar-refractivity contribution in [3.8, 4) is 0 Å². The third-order valence-corrected chi connectivity index (χ3v) is 2.97. The van der Waals surface area contributed by atoms with Gasteiger partial charge in [-0.2, -0.15) is 0 Å². The highest BCUT2D eigenvalue weighted by molar-refractivity contribution is 5.93. The van der Waals surface area contributed by atoms with Gasteiger partial charge >= 0.3 is 0 Å². The lowest BCUT2D eigenvalue weighted by Crippen LogP contribution is -2.46. The van der Waals surface area contributed by atoms with Crippen LogP contribution in [0, 0.1) is 0 Å². The zero-order valence-electron chi connectivity index (χ0n) is 10.2. The Morgan fingerprint density at radius 1 is 1.33 bits per heavy atom. The molecule has 1 saturated heterocycles. The van der Waals surface area contributed by atoms with E-state index < -0.39 is 0 Å². The average Bonchev–Trinajstić information content (AvgIpc) is 2.40. The minimum atomic E-state index is -0.202. The predicted molar refractivity (Wildman–Crippen MR) is 68.7 cm³/mol. The van der Waals surface area contributed by atoms with Crippen LogP contribution in [0.3, 0.4) is 0 Å². The van der Waals surface area contributed by atoms with Gasteiger partial charge in [0.25, 0.3) is 5.91 Å². The van der Waals surface area contributed by atoms with E-state index in [0.29, 0.717) is 12.1 Å². The first-order chi connectivity index (χ1) is 8.75. The normalized spacial score (nSPS) is 16.4. The van der Waals surface area contributed by atoms with Crippen LogP contribution in [0.25, 0.3) is 0 Å². The number of pyridine rings is 1. The summed E-state index contributed by atoms with van der Waals surface area (Å²) < 4.78 is 0. The number of nitrogens with zero attached hydrogens (tertiary/aromatic N) is 1. The van der Waals surface area contributed by atoms with Gasteiger partial charge in [0.1, 0.15) is 0 Å². The fourth-order valence-corrected chi connectivity index (χ4v) is 1.92. The lowest BCUT2D eigenvalue weighted by molar-refractivity contribution is 0.0947. The minimum absolute atomic E-state index is 0.151. The number of nitrogens with one attached hydrogen (secondary N) is 3. The molecule has 1 aromatic heterocycles. The van der Waals surface area contributed by atoms with Crippen molar-refractivity contribution < 1.29 is 4.79 Å². The van der Waals surface area contributed by atoms with Gasteiger partial charge in [0.15, 0.2) is 0 Å². The number of carbonyl (C=O) groups is 1. The SMILES string of the molecule is O=C(NCCN1CCNCC1)c1ccc(=O)[nH]c1. The second-order valence-corrected chi connectivity index (χ2v) is 4.29. The second kappa shape index (κ2) is 6.32. The van der Waals surface area contributed by atoms with E-state index in [2.05, 4.69) is 20.5 Å². The first-order valence-electron chi connectivity index (χ1n) is 6.16. The molecular formula is C12H18N4O2. The Bertz CT molecular complexity index is 431. The van der Waals surface area contributed by atoms with Crippen molar-refractivity contribution in [1.29, 1.82) is 0 Å². The smallest absolute Gasteiger partial charge is 0.252 e. The topological polar surface area (TPSA) is 77.2 Å². The Labute approximate surface area is 105 Å². The molecule has 18 heavy (non-hydrogen) atoms. The van der Waals surface area contributed by atoms with Gasteiger partial charge in [-0.1, -0.05) is 0 Å². The zero-order valence-corrected chi connectivity index (χ0v) is 10.2. The van der Waals surface area contributed by atoms with E-state index in [0.717, 1.165) is 32.7 Å². The molecule has 1 aliphatic heterocycles. The predicted octanol–water partition coefficient (Wildman–Crippen LogP) is -0.990. The van der Waals surface area contributed by atoms with Crippen molar-refractivity contribution in [3.63, 3.8) is 0 Å². The van der Waals surface area contributed by atoms with E-state index in [9.17, 15) is 9.59 Å². The van der Waals surface area contributed by atoms with Gasteiger partial charge in [0.05, 0.1) is 5.56 Å². The number of aromatic nitrogens is 1. The highest BCUT2D eigenvalue weighted by atomic mass is 16.1. The summed E-state index contributed by atoms with van der Waals surface area (Å²) in [7, 11) is 0. The Kier molecular flexibility index (Phi) is 4.49. The number of aromatic amines is 1. The number of amides is 1. The first-order valence-corrected chi connectivity index (χ1v) is 6.16. The highest BCUT2D eigenvalue weighted by Crippen LogP contribution is 1.94. The molecule has 2 rings (SSSR count). The third kappa shape index (κ3) is 3.68. The van der Waals surface area contributed by atoms with Crippen molar-refractivity contribution in [2.75, 3.05) is 39.3 Å². The minimum Gasteiger partial charge on any atom is -0.351 e. The largest absolute Gasteiger partial charge is 0.351 e. The van der Waals surface area contributed by atoms with E-state index in [1.54, 1.807) is 0 Å². The van der Waals surface area contributed by atoms with Gasteiger partial charge in [0.2, 0.25) is 5.56 Å². The summed E-state index contributed by atoms with van der Waals surface area (Å²) in [4.78, 5) is 27.4. The van der Waals surface area contributed by atoms with Crippen molar-refractivity contribution in [2.45, 2.75) is 0 Å². The quantitative estimate of drug-likeness (QED) is 0.641. The van der Waals surface area contributed by atoms with Gasteiger partial charge in [-0.05, 0) is 6.07 Å². The van der Waals surface area contributed by atoms with Crippen LogP contribution in [-0.2, 0) is 0 Å². The fraction of sp³-hybridized carbons (Fsp3) is 0.500. The molecule has 0 spiro atoms. The standard InChI is InChI=1S/C12H18N4O2/c17-11-2-1-10(9-15-11)12(18)14-5-8-16-6-3-13-4-7-16/h1-2,9,13H,3-8H2,(H,14,18)(H,15,17). The molecule has 0 bridgehead atoms. The Morgan fingerprint density at radius 3 is 2.78 bits per heavy atom. The van der Waals surface area contributed by atoms with Gasteiger partial charge in [-0.15, -0.1) is 0 Å². The van der Waals surface area contributed by atoms with E-state index in [4.69, 9.17) is 0 Å². The molecule has 1 aromatic rings. The van der Waals surface area contributed by atoms with Crippen molar-refractivity contribution in [1.82, 2.24) is 20.5 Å². The van der Waals surface area contributed by atoms with Crippen LogP contribution in [-0.4, -0.2) is 55.1 Å². The van der Waals surface area contributed by atoms with Gasteiger partial charge in [-0.3, -0.25) is 14.5 Å². The maximum atomic E-state index is 11.7. The lowest BCUT2D eigenvalue weighted by atomic mass is 10.2. The van der Waals surface area contributed by atoms with E-state index in [1.165, 1.54) is 18.3 Å². The zero-order chi connectivity index (χ0) is 12.8. The molecular weight excluding hydrogens is 232 g/mol. The van der Waals surface area contributed by atoms with Crippen LogP contribution in [0.2, 0.25) is 0 Å². The summed E-state index contributed by atoms with van der Waals surface area (Å²) in [6.45, 7) is 5.54. The first kappa shape index (κ1) is 12.8. The van der Waals surface area contributed by atoms with Gasteiger partial charge in [-0.25, -0.2) is 0 Å². The molecule has 6 nitrogen and oxygen atoms in total. The molecule has 98 valence electrons. The van der Waals surface area contributed by atoms with Gasteiger partial charge in [0, 0.05) is 51.5 Å². The molecule has 0 atom stereocenters. The number of hydrogen-bond donors (Lipinski definition) is 3. The lowest BCUT2D eigenvalue weighted by Gasteiger charge is -2.27. The van der Waals surface area contributed by atoms with E-state index in [1.807, 2.05) is 0 Å². The van der Waals surface area contributed by atoms with Gasteiger partial charge < -0.3 is 15.6 Å². The molecule has 0 aromatic carbocycles. The van der Waals surface area contributed by atoms with E-state index in [-0.39, 0.29) is 11.5 Å². The maximum absolute atomic E-state index is 11.7. The molecule has 2 heterocycles. The maximum Gasteiger partial charge on any atom is 0.252 e. The summed E-state index contributed by atoms with van der Waals surface area (Å²) in [5.74, 6) is -0.151. The van der Waals surface area contributed by atoms with Crippen LogP contribution in [0.1, 0.15) is 10.4 Å². The fourth-order valence-electron chi connectivity index (χ4n) is 1.92. The third-order valence-electron chi connectivity index (χ3n) is 2.97. The summed E-state index contributed by atoms with van der Waals surface area (Å²) in [6, 6.07) is 2.88. The molecule has 1 amide bonds. The molecule has 6 heteroatoms. The summed E-state index contributed by atoms with van der Waals surface area (Å²) in [5.41, 5.74) is 0.280. The Balaban J connectivity index is 1.74. The molecule has 0 aliphatic carbocycles. The molecule has 1 aliphatic rings. The van der Waals surface area contributed by atoms with Crippen molar-refractivity contribution in [3.05, 3.63) is 34.2 Å². The number of piperazine rings is 1. The molecule has 0 unspecified atom stereocenters. The van der Waals surface area contributed by atoms with Crippen LogP contribution in [0.4, 0.5) is 0 Å². The second-order valence-electron chi connectivity index (χ2n) is 4.29. The van der Waals surface area contributed by atoms with Crippen LogP contribution < -0.4 is 16.2 Å². The van der Waals surface area contributed by atoms with Crippen LogP contribution in [0.15, 0.2) is 23.1 Å². The number of carbonyl (C=O) groups excluding carboxylic acids is 1. The molecule has 1 fully saturated rings. The van der Waals surface area contributed by atoms with E-state index >= 15 is 0 Å². The molecule has 0 radical (unpaired) electrons. The number of hydrogen-bond acceptors (Lipinski definition) is 4. The molecule has 3 N–H and O–H groups in total. The number of H-pyrrole nitrogens is 1. The summed E-state index contributed by atoms with van der Waals surface area (Å²) >= 11 is 0. The van der Waals surface area contributed by atoms with Crippen LogP contribution in [0.5, 0.6) is 0 Å². The summed E-state index contributed by atoms with van der Waals surface area (Å²) in [5, 5.41) is 6.12. The summed E-state index contributed by atoms with van der Waals surface area (Å²) in [6.07, 6.45) is 1.43. The highest BCUT2D eigenvalue weighted by Gasteiger charge is 2.10. The molecule has 0 saturated carbocycles. The average molecular weight is 250 g/mol. The van der Waals surface area contributed by atoms with Crippen molar-refractivity contribution >= 4 is 5.91 Å². The monoisotopic (exact) mass is 250 g/mol.